The van der Waals surface area contributed by atoms with E-state index in [4.69, 9.17) is 0 Å². The van der Waals surface area contributed by atoms with E-state index >= 15 is 0 Å². The van der Waals surface area contributed by atoms with Gasteiger partial charge in [-0.25, -0.2) is 8.78 Å². The number of carbonyl (C=O) groups is 1. The van der Waals surface area contributed by atoms with Crippen molar-refractivity contribution < 1.29 is 13.6 Å². The Balaban J connectivity index is 1.27. The summed E-state index contributed by atoms with van der Waals surface area (Å²) < 4.78 is 28.6. The van der Waals surface area contributed by atoms with Gasteiger partial charge in [-0.3, -0.25) is 9.69 Å². The van der Waals surface area contributed by atoms with E-state index in [0.29, 0.717) is 17.9 Å². The van der Waals surface area contributed by atoms with Gasteiger partial charge in [-0.15, -0.1) is 0 Å². The van der Waals surface area contributed by atoms with Crippen LogP contribution in [0.5, 0.6) is 0 Å². The zero-order valence-corrected chi connectivity index (χ0v) is 15.3. The number of nitrogens with one attached hydrogen (secondary N) is 1. The molecule has 5 heteroatoms. The Morgan fingerprint density at radius 2 is 1.81 bits per heavy atom. The van der Waals surface area contributed by atoms with Crippen LogP contribution < -0.4 is 5.32 Å². The lowest BCUT2D eigenvalue weighted by Gasteiger charge is -2.41. The first-order valence-electron chi connectivity index (χ1n) is 9.53. The van der Waals surface area contributed by atoms with Crippen molar-refractivity contribution in [3.05, 3.63) is 65.2 Å². The molecule has 1 amide bonds. The molecule has 0 aromatic heterocycles. The molecule has 0 spiro atoms. The maximum absolute atomic E-state index is 14.3. The summed E-state index contributed by atoms with van der Waals surface area (Å²) in [5.41, 5.74) is 4.00. The van der Waals surface area contributed by atoms with Gasteiger partial charge in [-0.1, -0.05) is 42.5 Å². The van der Waals surface area contributed by atoms with Crippen molar-refractivity contribution in [2.24, 2.45) is 5.92 Å². The molecule has 2 aromatic carbocycles. The summed E-state index contributed by atoms with van der Waals surface area (Å²) >= 11 is 0. The van der Waals surface area contributed by atoms with E-state index in [9.17, 15) is 13.6 Å². The zero-order chi connectivity index (χ0) is 18.9. The number of likely N-dealkylation sites (tertiary alicyclic amines) is 1. The van der Waals surface area contributed by atoms with Crippen molar-refractivity contribution in [3.8, 4) is 0 Å². The van der Waals surface area contributed by atoms with Crippen molar-refractivity contribution in [1.82, 2.24) is 4.90 Å². The van der Waals surface area contributed by atoms with Gasteiger partial charge in [0.15, 0.2) is 0 Å². The molecule has 4 rings (SSSR count). The summed E-state index contributed by atoms with van der Waals surface area (Å²) in [6.07, 6.45) is 2.01. The second kappa shape index (κ2) is 7.39. The molecule has 3 nitrogen and oxygen atoms in total. The van der Waals surface area contributed by atoms with Gasteiger partial charge in [-0.2, -0.15) is 0 Å². The Morgan fingerprint density at radius 3 is 2.59 bits per heavy atom. The van der Waals surface area contributed by atoms with E-state index in [1.54, 1.807) is 24.3 Å². The molecule has 142 valence electrons. The number of anilines is 1. The van der Waals surface area contributed by atoms with Crippen LogP contribution in [0.1, 0.15) is 23.1 Å². The lowest BCUT2D eigenvalue weighted by molar-refractivity contribution is -0.116. The summed E-state index contributed by atoms with van der Waals surface area (Å²) in [6.45, 7) is 1.27. The number of fused-ring (bicyclic) bond motifs is 1. The number of hydrogen-bond acceptors (Lipinski definition) is 2. The minimum absolute atomic E-state index is 0.0707. The van der Waals surface area contributed by atoms with Crippen LogP contribution in [0.25, 0.3) is 0 Å². The molecule has 2 aliphatic rings. The first kappa shape index (κ1) is 18.1. The standard InChI is InChI=1S/C22H24F2N2O/c23-22(24,12-16-4-2-1-3-5-16)15-26-13-18(14-26)10-17-6-8-20-19(11-17)7-9-21(27)25-20/h1-6,8,11,18H,7,9-10,12-15H2,(H,25,27). The van der Waals surface area contributed by atoms with Gasteiger partial charge >= 0.3 is 0 Å². The largest absolute Gasteiger partial charge is 0.326 e. The minimum atomic E-state index is -2.70. The summed E-state index contributed by atoms with van der Waals surface area (Å²) in [5.74, 6) is -2.20. The van der Waals surface area contributed by atoms with Crippen molar-refractivity contribution in [2.45, 2.75) is 31.6 Å². The molecule has 2 heterocycles. The van der Waals surface area contributed by atoms with Crippen molar-refractivity contribution in [1.29, 1.82) is 0 Å². The predicted octanol–water partition coefficient (Wildman–Crippen LogP) is 3.92. The minimum Gasteiger partial charge on any atom is -0.326 e. The fourth-order valence-corrected chi connectivity index (χ4v) is 4.11. The maximum atomic E-state index is 14.3. The first-order valence-corrected chi connectivity index (χ1v) is 9.53. The van der Waals surface area contributed by atoms with Gasteiger partial charge in [0.1, 0.15) is 0 Å². The van der Waals surface area contributed by atoms with E-state index in [1.807, 2.05) is 23.1 Å². The maximum Gasteiger partial charge on any atom is 0.264 e. The molecule has 1 fully saturated rings. The number of nitrogens with zero attached hydrogens (tertiary/aromatic N) is 1. The number of halogens is 2. The fourth-order valence-electron chi connectivity index (χ4n) is 4.11. The van der Waals surface area contributed by atoms with Crippen LogP contribution in [0, 0.1) is 5.92 Å². The van der Waals surface area contributed by atoms with Crippen LogP contribution in [0.3, 0.4) is 0 Å². The molecule has 27 heavy (non-hydrogen) atoms. The Labute approximate surface area is 158 Å². The van der Waals surface area contributed by atoms with E-state index in [-0.39, 0.29) is 18.9 Å². The Kier molecular flexibility index (Phi) is 4.96. The predicted molar refractivity (Wildman–Crippen MR) is 102 cm³/mol. The Morgan fingerprint density at radius 1 is 1.04 bits per heavy atom. The Bertz CT molecular complexity index is 816. The van der Waals surface area contributed by atoms with E-state index in [0.717, 1.165) is 31.6 Å². The Hall–Kier alpha value is -2.27. The van der Waals surface area contributed by atoms with E-state index in [1.165, 1.54) is 11.1 Å². The van der Waals surface area contributed by atoms with Crippen LogP contribution in [0.15, 0.2) is 48.5 Å². The summed E-state index contributed by atoms with van der Waals surface area (Å²) in [6, 6.07) is 15.1. The second-order valence-corrected chi connectivity index (χ2v) is 7.82. The molecule has 0 bridgehead atoms. The molecular weight excluding hydrogens is 346 g/mol. The number of rotatable bonds is 6. The average molecular weight is 370 g/mol. The lowest BCUT2D eigenvalue weighted by atomic mass is 9.89. The quantitative estimate of drug-likeness (QED) is 0.836. The third-order valence-electron chi connectivity index (χ3n) is 5.38. The number of hydrogen-bond donors (Lipinski definition) is 1. The van der Waals surface area contributed by atoms with E-state index in [2.05, 4.69) is 11.4 Å². The van der Waals surface area contributed by atoms with Crippen LogP contribution in [0.4, 0.5) is 14.5 Å². The van der Waals surface area contributed by atoms with Gasteiger partial charge in [0.05, 0.1) is 6.54 Å². The van der Waals surface area contributed by atoms with Crippen molar-refractivity contribution in [3.63, 3.8) is 0 Å². The third-order valence-corrected chi connectivity index (χ3v) is 5.38. The molecular formula is C22H24F2N2O. The van der Waals surface area contributed by atoms with Gasteiger partial charge in [0.25, 0.3) is 5.92 Å². The van der Waals surface area contributed by atoms with Crippen LogP contribution in [-0.2, 0) is 24.1 Å². The average Bonchev–Trinajstić information content (AvgIpc) is 2.60. The number of carbonyl (C=O) groups excluding carboxylic acids is 1. The molecule has 0 atom stereocenters. The molecule has 0 unspecified atom stereocenters. The molecule has 0 saturated carbocycles. The second-order valence-electron chi connectivity index (χ2n) is 7.82. The summed E-state index contributed by atoms with van der Waals surface area (Å²) in [4.78, 5) is 13.3. The highest BCUT2D eigenvalue weighted by Crippen LogP contribution is 2.29. The summed E-state index contributed by atoms with van der Waals surface area (Å²) in [5, 5.41) is 2.89. The SMILES string of the molecule is O=C1CCc2cc(CC3CN(CC(F)(F)Cc4ccccc4)C3)ccc2N1. The number of amides is 1. The highest BCUT2D eigenvalue weighted by molar-refractivity contribution is 5.93. The normalized spacial score (nSPS) is 17.9. The van der Waals surface area contributed by atoms with Crippen molar-refractivity contribution >= 4 is 11.6 Å². The van der Waals surface area contributed by atoms with Crippen LogP contribution in [-0.4, -0.2) is 36.4 Å². The third kappa shape index (κ3) is 4.53. The number of aryl methyl sites for hydroxylation is 1. The highest BCUT2D eigenvalue weighted by atomic mass is 19.3. The number of benzene rings is 2. The van der Waals surface area contributed by atoms with Crippen LogP contribution >= 0.6 is 0 Å². The van der Waals surface area contributed by atoms with Gasteiger partial charge < -0.3 is 5.32 Å². The first-order chi connectivity index (χ1) is 13.0. The molecule has 2 aromatic rings. The zero-order valence-electron chi connectivity index (χ0n) is 15.3. The monoisotopic (exact) mass is 370 g/mol. The summed E-state index contributed by atoms with van der Waals surface area (Å²) in [7, 11) is 0. The van der Waals surface area contributed by atoms with Gasteiger partial charge in [-0.05, 0) is 41.5 Å². The lowest BCUT2D eigenvalue weighted by Crippen LogP contribution is -2.52. The van der Waals surface area contributed by atoms with E-state index < -0.39 is 5.92 Å². The van der Waals surface area contributed by atoms with Crippen LogP contribution in [0.2, 0.25) is 0 Å². The molecule has 0 radical (unpaired) electrons. The molecule has 1 saturated heterocycles. The fraction of sp³-hybridized carbons (Fsp3) is 0.409. The van der Waals surface area contributed by atoms with Gasteiger partial charge in [0.2, 0.25) is 5.91 Å². The highest BCUT2D eigenvalue weighted by Gasteiger charge is 2.37. The smallest absolute Gasteiger partial charge is 0.264 e. The van der Waals surface area contributed by atoms with Crippen molar-refractivity contribution in [2.75, 3.05) is 25.0 Å². The molecule has 2 aliphatic heterocycles. The molecule has 0 aliphatic carbocycles. The number of alkyl halides is 2. The van der Waals surface area contributed by atoms with Gasteiger partial charge in [0, 0.05) is 31.6 Å². The topological polar surface area (TPSA) is 32.3 Å². The molecule has 1 N–H and O–H groups in total.